The van der Waals surface area contributed by atoms with Gasteiger partial charge in [-0.15, -0.1) is 28.2 Å². The van der Waals surface area contributed by atoms with Gasteiger partial charge in [0.1, 0.15) is 24.4 Å². The van der Waals surface area contributed by atoms with Crippen LogP contribution in [0.15, 0.2) is 130 Å². The summed E-state index contributed by atoms with van der Waals surface area (Å²) in [5.74, 6) is -1.14. The predicted molar refractivity (Wildman–Crippen MR) is 424 cm³/mol. The zero-order valence-corrected chi connectivity index (χ0v) is 67.1. The van der Waals surface area contributed by atoms with E-state index < -0.39 is 51.3 Å². The highest BCUT2D eigenvalue weighted by molar-refractivity contribution is 7.99. The number of aliphatic hydroxyl groups excluding tert-OH is 1. The Morgan fingerprint density at radius 2 is 1.52 bits per heavy atom. The largest absolute Gasteiger partial charge is 0.391 e. The summed E-state index contributed by atoms with van der Waals surface area (Å²) in [6.45, 7) is 26.6. The zero-order valence-electron chi connectivity index (χ0n) is 64.7. The summed E-state index contributed by atoms with van der Waals surface area (Å²) in [7, 11) is -4.19. The molecular weight excluding hydrogens is 1440 g/mol. The fourth-order valence-electron chi connectivity index (χ4n) is 16.6. The van der Waals surface area contributed by atoms with Crippen molar-refractivity contribution in [2.75, 3.05) is 121 Å². The second kappa shape index (κ2) is 35.8. The number of hydrogen-bond acceptors (Lipinski definition) is 20. The Morgan fingerprint density at radius 3 is 2.21 bits per heavy atom. The molecule has 6 aromatic rings. The van der Waals surface area contributed by atoms with Crippen molar-refractivity contribution in [3.63, 3.8) is 0 Å². The normalized spacial score (nSPS) is 21.5. The highest BCUT2D eigenvalue weighted by Gasteiger charge is 2.67. The molecule has 0 radical (unpaired) electrons. The van der Waals surface area contributed by atoms with E-state index in [2.05, 4.69) is 83.6 Å². The van der Waals surface area contributed by atoms with Crippen molar-refractivity contribution >= 4 is 74.0 Å². The lowest BCUT2D eigenvalue weighted by atomic mass is 9.33. The average Bonchev–Trinajstić information content (AvgIpc) is 1.17. The van der Waals surface area contributed by atoms with E-state index in [1.165, 1.54) is 43.4 Å². The van der Waals surface area contributed by atoms with Crippen LogP contribution in [0.4, 0.5) is 11.4 Å². The van der Waals surface area contributed by atoms with Crippen molar-refractivity contribution in [1.29, 1.82) is 0 Å². The van der Waals surface area contributed by atoms with Gasteiger partial charge in [0, 0.05) is 132 Å². The first-order chi connectivity index (χ1) is 52.2. The van der Waals surface area contributed by atoms with Gasteiger partial charge >= 0.3 is 0 Å². The molecule has 2 aromatic heterocycles. The molecule has 7 aliphatic rings. The molecule has 5 heterocycles. The number of sulfonamides is 1. The van der Waals surface area contributed by atoms with E-state index >= 15 is 0 Å². The molecule has 4 aromatic carbocycles. The summed E-state index contributed by atoms with van der Waals surface area (Å²) >= 11 is 3.33. The fraction of sp³-hybridized carbons (Fsp3) is 0.561. The molecule has 2 bridgehead atoms. The van der Waals surface area contributed by atoms with Crippen LogP contribution in [0.3, 0.4) is 0 Å². The molecule has 3 saturated carbocycles. The summed E-state index contributed by atoms with van der Waals surface area (Å²) in [5, 5.41) is 28.6. The molecule has 5 amide bonds. The number of aliphatic hydroxyl groups is 1. The van der Waals surface area contributed by atoms with Crippen LogP contribution >= 0.6 is 23.1 Å². The summed E-state index contributed by atoms with van der Waals surface area (Å²) in [6.07, 6.45) is 10.7. The van der Waals surface area contributed by atoms with Crippen LogP contribution in [0.1, 0.15) is 139 Å². The number of rotatable bonds is 35. The van der Waals surface area contributed by atoms with Gasteiger partial charge in [-0.1, -0.05) is 100 Å². The summed E-state index contributed by atoms with van der Waals surface area (Å²) in [6, 6.07) is 28.5. The minimum atomic E-state index is -4.19. The zero-order chi connectivity index (χ0) is 77.1. The van der Waals surface area contributed by atoms with E-state index in [9.17, 15) is 37.5 Å². The second-order valence-electron chi connectivity index (χ2n) is 33.0. The van der Waals surface area contributed by atoms with E-state index in [1.807, 2.05) is 106 Å². The number of amides is 5. The number of β-amino-alcohol motifs (C(OH)–C–C–N with tert-alkyl or cyclic N) is 1. The summed E-state index contributed by atoms with van der Waals surface area (Å²) in [5.41, 5.74) is 12.5. The quantitative estimate of drug-likeness (QED) is 0.0141. The smallest absolute Gasteiger partial charge is 0.264 e. The number of aromatic nitrogens is 4. The molecular formula is C82H111N13O11S3. The molecule has 109 heavy (non-hydrogen) atoms. The molecule has 6 fully saturated rings. The molecule has 0 unspecified atom stereocenters. The Labute approximate surface area is 651 Å². The Bertz CT molecular complexity index is 4240. The Balaban J connectivity index is 0.511. The average molecular weight is 1550 g/mol. The van der Waals surface area contributed by atoms with Gasteiger partial charge in [0.05, 0.1) is 66.3 Å². The number of likely N-dealkylation sites (tertiary alicyclic amines) is 1. The topological polar surface area (TPSA) is 275 Å². The van der Waals surface area contributed by atoms with E-state index in [0.29, 0.717) is 54.4 Å². The van der Waals surface area contributed by atoms with E-state index in [-0.39, 0.29) is 87.5 Å². The van der Waals surface area contributed by atoms with Gasteiger partial charge < -0.3 is 50.0 Å². The highest BCUT2D eigenvalue weighted by atomic mass is 32.2. The van der Waals surface area contributed by atoms with E-state index in [1.54, 1.807) is 69.3 Å². The number of thioether (sulfide) groups is 1. The number of carbonyl (C=O) groups excluding carboxylic acids is 5. The number of thiazole rings is 1. The van der Waals surface area contributed by atoms with Crippen molar-refractivity contribution in [2.24, 2.45) is 21.7 Å². The molecule has 588 valence electrons. The predicted octanol–water partition coefficient (Wildman–Crippen LogP) is 9.90. The molecule has 5 N–H and O–H groups in total. The lowest BCUT2D eigenvalue weighted by Gasteiger charge is -2.72. The lowest BCUT2D eigenvalue weighted by molar-refractivity contribution is -0.167. The number of piperazine rings is 2. The highest BCUT2D eigenvalue weighted by Crippen LogP contribution is 2.77. The molecule has 3 aliphatic heterocycles. The minimum absolute atomic E-state index is 0.0157. The van der Waals surface area contributed by atoms with E-state index in [4.69, 9.17) is 14.2 Å². The maximum atomic E-state index is 14.1. The van der Waals surface area contributed by atoms with Crippen LogP contribution in [0.25, 0.3) is 10.4 Å². The van der Waals surface area contributed by atoms with Gasteiger partial charge in [-0.25, -0.2) is 18.1 Å². The lowest BCUT2D eigenvalue weighted by Crippen LogP contribution is -2.61. The Morgan fingerprint density at radius 1 is 0.817 bits per heavy atom. The van der Waals surface area contributed by atoms with Crippen LogP contribution < -0.4 is 25.6 Å². The van der Waals surface area contributed by atoms with Crippen molar-refractivity contribution < 1.29 is 51.7 Å². The first-order valence-electron chi connectivity index (χ1n) is 38.7. The number of carbonyl (C=O) groups is 5. The van der Waals surface area contributed by atoms with Crippen molar-refractivity contribution in [2.45, 2.75) is 173 Å². The van der Waals surface area contributed by atoms with Crippen LogP contribution in [0, 0.1) is 35.5 Å². The van der Waals surface area contributed by atoms with Crippen molar-refractivity contribution in [3.05, 3.63) is 148 Å². The second-order valence-corrected chi connectivity index (χ2v) is 36.6. The molecule has 4 atom stereocenters. The maximum Gasteiger partial charge on any atom is 0.264 e. The van der Waals surface area contributed by atoms with Crippen LogP contribution in [-0.4, -0.2) is 218 Å². The van der Waals surface area contributed by atoms with Crippen molar-refractivity contribution in [1.82, 2.24) is 54.9 Å². The standard InChI is InChI=1S/C82H111N13O11S3/c1-57-43-68(109(102,103)88-76(99)61-20-22-65(23-21-61)92-35-33-91(34-36-92)47-62-26-28-80(6,7)45-69(62)82-53-81(8,54-82)55-82)24-25-70(57)85-63(52-107-67-13-10-9-11-14-67)27-30-90-31-37-93(38-32-90)73(98)15-12-29-94-48-64(87-89-94)50-105-41-39-104-40-42-106-51-72(97)86-75(79(3,4)5)78(101)95-49-66(96)44-71(95)77(100)83-46-59-16-18-60(19-17-59)74-58(2)84-56-108-74/h9-11,13-14,16-25,43,48,56,63,66,71,75,85,96H,12,15,26-42,44-47,49-55H2,1-8H3,(H,83,100)(H,86,97)(H,88,99)/t63-,66-,71+,75-,81?,82?/m1/s1. The number of hydrogen-bond donors (Lipinski definition) is 5. The number of aryl methyl sites for hydroxylation is 3. The first kappa shape index (κ1) is 80.9. The number of ether oxygens (including phenoxy) is 3. The summed E-state index contributed by atoms with van der Waals surface area (Å²) in [4.78, 5) is 85.0. The third kappa shape index (κ3) is 21.3. The molecule has 13 rings (SSSR count). The summed E-state index contributed by atoms with van der Waals surface area (Å²) < 4.78 is 48.7. The number of anilines is 2. The molecule has 24 nitrogen and oxygen atoms in total. The number of allylic oxidation sites excluding steroid dienone is 1. The maximum absolute atomic E-state index is 14.1. The number of nitrogens with one attached hydrogen (secondary N) is 4. The van der Waals surface area contributed by atoms with Gasteiger partial charge in [0.2, 0.25) is 23.6 Å². The van der Waals surface area contributed by atoms with Crippen LogP contribution in [0.2, 0.25) is 0 Å². The first-order valence-corrected chi connectivity index (χ1v) is 42.1. The van der Waals surface area contributed by atoms with E-state index in [0.717, 1.165) is 108 Å². The molecule has 4 aliphatic carbocycles. The number of benzene rings is 4. The molecule has 3 saturated heterocycles. The van der Waals surface area contributed by atoms with Crippen molar-refractivity contribution in [3.8, 4) is 10.4 Å². The Kier molecular flexibility index (Phi) is 26.6. The van der Waals surface area contributed by atoms with Gasteiger partial charge in [0.15, 0.2) is 0 Å². The monoisotopic (exact) mass is 1550 g/mol. The number of nitrogens with zero attached hydrogens (tertiary/aromatic N) is 9. The van der Waals surface area contributed by atoms with Gasteiger partial charge in [-0.2, -0.15) is 0 Å². The third-order valence-electron chi connectivity index (χ3n) is 22.5. The molecule has 27 heteroatoms. The fourth-order valence-corrected chi connectivity index (χ4v) is 19.4. The van der Waals surface area contributed by atoms with Gasteiger partial charge in [0.25, 0.3) is 15.9 Å². The minimum Gasteiger partial charge on any atom is -0.391 e. The van der Waals surface area contributed by atoms with Crippen LogP contribution in [-0.2, 0) is 63.1 Å². The Hall–Kier alpha value is -7.60. The molecule has 0 spiro atoms. The van der Waals surface area contributed by atoms with Gasteiger partial charge in [-0.3, -0.25) is 38.5 Å². The third-order valence-corrected chi connectivity index (χ3v) is 26.0. The SMILES string of the molecule is Cc1cc(S(=O)(=O)NC(=O)c2ccc(N3CCN(CC4=C(C56CC(C)(C5)C6)CC(C)(C)CC4)CC3)cc2)ccc1N[C@H](CCN1CCN(C(=O)CCCn2cc(COCCOCCOCC(=O)N[C@H](C(=O)N3C[C@H](O)C[C@H]3C(=O)NCc3ccc(-c4scnc4C)cc3)C(C)(C)C)nn2)CC1)CSc1ccccc1. The van der Waals surface area contributed by atoms with Crippen LogP contribution in [0.5, 0.6) is 0 Å². The van der Waals surface area contributed by atoms with Gasteiger partial charge in [-0.05, 0) is 158 Å².